The van der Waals surface area contributed by atoms with Crippen LogP contribution >= 0.6 is 11.8 Å². The largest absolute Gasteiger partial charge is 0.444 e. The van der Waals surface area contributed by atoms with Crippen LogP contribution in [0.25, 0.3) is 0 Å². The van der Waals surface area contributed by atoms with Crippen molar-refractivity contribution in [2.45, 2.75) is 85.0 Å². The number of nitrogens with zero attached hydrogens (tertiary/aromatic N) is 1. The van der Waals surface area contributed by atoms with E-state index in [0.717, 1.165) is 11.1 Å². The van der Waals surface area contributed by atoms with Crippen molar-refractivity contribution in [3.8, 4) is 12.3 Å². The number of benzene rings is 2. The number of carbonyl (C=O) groups excluding carboxylic acids is 3. The Kier molecular flexibility index (Phi) is 12.1. The minimum Gasteiger partial charge on any atom is -0.444 e. The van der Waals surface area contributed by atoms with Crippen molar-refractivity contribution >= 4 is 35.4 Å². The van der Waals surface area contributed by atoms with Gasteiger partial charge >= 0.3 is 6.09 Å². The predicted molar refractivity (Wildman–Crippen MR) is 164 cm³/mol. The number of thioether (sulfide) groups is 1. The molecule has 2 aromatic rings. The molecule has 3 amide bonds. The van der Waals surface area contributed by atoms with Crippen LogP contribution in [0.4, 0.5) is 10.5 Å². The van der Waals surface area contributed by atoms with Crippen molar-refractivity contribution in [2.75, 3.05) is 17.3 Å². The highest BCUT2D eigenvalue weighted by Crippen LogP contribution is 2.30. The van der Waals surface area contributed by atoms with Gasteiger partial charge in [0.05, 0.1) is 0 Å². The van der Waals surface area contributed by atoms with Crippen LogP contribution in [-0.2, 0) is 14.3 Å². The van der Waals surface area contributed by atoms with E-state index in [1.165, 1.54) is 0 Å². The van der Waals surface area contributed by atoms with E-state index in [0.29, 0.717) is 35.4 Å². The molecule has 0 aromatic heterocycles. The Hall–Kier alpha value is -3.44. The monoisotopic (exact) mass is 565 g/mol. The van der Waals surface area contributed by atoms with Crippen LogP contribution in [0.2, 0.25) is 0 Å². The number of hydrogen-bond donors (Lipinski definition) is 2. The molecule has 3 atom stereocenters. The van der Waals surface area contributed by atoms with Crippen molar-refractivity contribution in [3.63, 3.8) is 0 Å². The first-order valence-corrected chi connectivity index (χ1v) is 15.0. The Morgan fingerprint density at radius 1 is 1.07 bits per heavy atom. The maximum absolute atomic E-state index is 14.3. The summed E-state index contributed by atoms with van der Waals surface area (Å²) < 4.78 is 5.46. The summed E-state index contributed by atoms with van der Waals surface area (Å²) in [5.41, 5.74) is 3.11. The molecule has 0 spiro atoms. The van der Waals surface area contributed by atoms with E-state index in [-0.39, 0.29) is 17.9 Å². The molecule has 2 rings (SSSR count). The molecule has 2 N–H and O–H groups in total. The molecule has 0 radical (unpaired) electrons. The van der Waals surface area contributed by atoms with Gasteiger partial charge in [0.1, 0.15) is 17.7 Å². The molecule has 0 fully saturated rings. The fourth-order valence-corrected chi connectivity index (χ4v) is 4.79. The lowest BCUT2D eigenvalue weighted by Crippen LogP contribution is -2.55. The summed E-state index contributed by atoms with van der Waals surface area (Å²) in [7, 11) is 0. The van der Waals surface area contributed by atoms with Crippen LogP contribution in [0.15, 0.2) is 42.5 Å². The van der Waals surface area contributed by atoms with Gasteiger partial charge in [-0.1, -0.05) is 43.2 Å². The molecule has 3 unspecified atom stereocenters. The zero-order valence-corrected chi connectivity index (χ0v) is 25.8. The SMILES string of the molecule is C#Cc1ccc(C(C(=O)Nc2c(C)cccc2C)N(C(=O)C(CCSC)NC(=O)OC(C)(C)C)C(C)CC)cc1. The summed E-state index contributed by atoms with van der Waals surface area (Å²) in [6.07, 6.45) is 7.82. The smallest absolute Gasteiger partial charge is 0.408 e. The number of terminal acetylenes is 1. The lowest BCUT2D eigenvalue weighted by atomic mass is 9.98. The van der Waals surface area contributed by atoms with Crippen LogP contribution in [-0.4, -0.2) is 52.5 Å². The number of ether oxygens (including phenoxy) is 1. The van der Waals surface area contributed by atoms with E-state index >= 15 is 0 Å². The molecule has 0 saturated carbocycles. The van der Waals surface area contributed by atoms with Crippen molar-refractivity contribution in [1.29, 1.82) is 0 Å². The first-order chi connectivity index (χ1) is 18.8. The third-order valence-electron chi connectivity index (χ3n) is 6.57. The molecule has 0 saturated heterocycles. The molecular formula is C32H43N3O4S. The number of amides is 3. The summed E-state index contributed by atoms with van der Waals surface area (Å²) in [4.78, 5) is 42.8. The average Bonchev–Trinajstić information content (AvgIpc) is 2.90. The molecule has 0 aliphatic rings. The standard InChI is InChI=1S/C32H43N3O4S/c1-10-23(5)35(30(37)26(19-20-40-9)33-31(38)39-32(6,7)8)28(25-17-15-24(11-2)16-18-25)29(36)34-27-21(3)13-12-14-22(27)4/h2,12-18,23,26,28H,10,19-20H2,1,3-9H3,(H,33,38)(H,34,36). The Balaban J connectivity index is 2.61. The molecule has 216 valence electrons. The van der Waals surface area contributed by atoms with Crippen LogP contribution in [0.1, 0.15) is 75.8 Å². The first-order valence-electron chi connectivity index (χ1n) is 13.6. The summed E-state index contributed by atoms with van der Waals surface area (Å²) in [5, 5.41) is 5.86. The molecule has 40 heavy (non-hydrogen) atoms. The number of hydrogen-bond acceptors (Lipinski definition) is 5. The molecule has 0 aliphatic carbocycles. The number of alkyl carbamates (subject to hydrolysis) is 1. The summed E-state index contributed by atoms with van der Waals surface area (Å²) in [5.74, 6) is 2.54. The van der Waals surface area contributed by atoms with Gasteiger partial charge in [0.2, 0.25) is 5.91 Å². The summed E-state index contributed by atoms with van der Waals surface area (Å²) in [6, 6.07) is 10.7. The van der Waals surface area contributed by atoms with Crippen LogP contribution < -0.4 is 10.6 Å². The Morgan fingerprint density at radius 2 is 1.68 bits per heavy atom. The van der Waals surface area contributed by atoms with Crippen LogP contribution in [0, 0.1) is 26.2 Å². The highest BCUT2D eigenvalue weighted by atomic mass is 32.2. The number of carbonyl (C=O) groups is 3. The Morgan fingerprint density at radius 3 is 2.17 bits per heavy atom. The van der Waals surface area contributed by atoms with E-state index in [9.17, 15) is 14.4 Å². The number of aryl methyl sites for hydroxylation is 2. The van der Waals surface area contributed by atoms with E-state index in [1.807, 2.05) is 52.1 Å². The summed E-state index contributed by atoms with van der Waals surface area (Å²) >= 11 is 1.57. The third-order valence-corrected chi connectivity index (χ3v) is 7.21. The van der Waals surface area contributed by atoms with Gasteiger partial charge in [-0.25, -0.2) is 4.79 Å². The van der Waals surface area contributed by atoms with Gasteiger partial charge < -0.3 is 20.3 Å². The lowest BCUT2D eigenvalue weighted by molar-refractivity contribution is -0.143. The van der Waals surface area contributed by atoms with E-state index in [4.69, 9.17) is 11.2 Å². The highest BCUT2D eigenvalue weighted by molar-refractivity contribution is 7.98. The van der Waals surface area contributed by atoms with E-state index in [1.54, 1.807) is 61.7 Å². The maximum atomic E-state index is 14.3. The van der Waals surface area contributed by atoms with Crippen molar-refractivity contribution in [3.05, 3.63) is 64.7 Å². The zero-order valence-electron chi connectivity index (χ0n) is 25.0. The predicted octanol–water partition coefficient (Wildman–Crippen LogP) is 6.24. The molecule has 0 heterocycles. The highest BCUT2D eigenvalue weighted by Gasteiger charge is 2.38. The molecule has 7 nitrogen and oxygen atoms in total. The fraction of sp³-hybridized carbons (Fsp3) is 0.469. The van der Waals surface area contributed by atoms with Gasteiger partial charge in [-0.2, -0.15) is 11.8 Å². The topological polar surface area (TPSA) is 87.7 Å². The Bertz CT molecular complexity index is 1190. The first kappa shape index (κ1) is 32.8. The molecule has 0 bridgehead atoms. The number of nitrogens with one attached hydrogen (secondary N) is 2. The van der Waals surface area contributed by atoms with E-state index in [2.05, 4.69) is 16.6 Å². The zero-order chi connectivity index (χ0) is 30.0. The van der Waals surface area contributed by atoms with Gasteiger partial charge in [-0.15, -0.1) is 6.42 Å². The summed E-state index contributed by atoms with van der Waals surface area (Å²) in [6.45, 7) is 13.0. The molecule has 8 heteroatoms. The van der Waals surface area contributed by atoms with Gasteiger partial charge in [0.15, 0.2) is 0 Å². The minimum atomic E-state index is -0.967. The fourth-order valence-electron chi connectivity index (χ4n) is 4.32. The average molecular weight is 566 g/mol. The van der Waals surface area contributed by atoms with Crippen LogP contribution in [0.5, 0.6) is 0 Å². The second-order valence-corrected chi connectivity index (χ2v) is 11.9. The maximum Gasteiger partial charge on any atom is 0.408 e. The second kappa shape index (κ2) is 14.8. The van der Waals surface area contributed by atoms with E-state index < -0.39 is 23.8 Å². The van der Waals surface area contributed by atoms with Gasteiger partial charge in [0.25, 0.3) is 5.91 Å². The number of anilines is 1. The molecule has 2 aromatic carbocycles. The quantitative estimate of drug-likeness (QED) is 0.315. The van der Waals surface area contributed by atoms with Crippen molar-refractivity contribution in [1.82, 2.24) is 10.2 Å². The minimum absolute atomic E-state index is 0.314. The molecule has 0 aliphatic heterocycles. The van der Waals surface area contributed by atoms with Gasteiger partial charge in [-0.05, 0) is 95.2 Å². The van der Waals surface area contributed by atoms with Crippen LogP contribution in [0.3, 0.4) is 0 Å². The van der Waals surface area contributed by atoms with Crippen molar-refractivity contribution < 1.29 is 19.1 Å². The third kappa shape index (κ3) is 9.06. The number of para-hydroxylation sites is 1. The second-order valence-electron chi connectivity index (χ2n) is 10.9. The number of rotatable bonds is 11. The van der Waals surface area contributed by atoms with Crippen molar-refractivity contribution in [2.24, 2.45) is 0 Å². The lowest BCUT2D eigenvalue weighted by Gasteiger charge is -2.38. The Labute approximate surface area is 243 Å². The normalized spacial score (nSPS) is 13.4. The molecular weight excluding hydrogens is 522 g/mol. The van der Waals surface area contributed by atoms with Gasteiger partial charge in [-0.3, -0.25) is 9.59 Å². The van der Waals surface area contributed by atoms with Gasteiger partial charge in [0, 0.05) is 17.3 Å².